The van der Waals surface area contributed by atoms with Gasteiger partial charge in [0.1, 0.15) is 22.7 Å². The van der Waals surface area contributed by atoms with Gasteiger partial charge in [-0.1, -0.05) is 20.8 Å². The van der Waals surface area contributed by atoms with E-state index in [-0.39, 0.29) is 52.9 Å². The number of fused-ring (bicyclic) bond motifs is 2. The Balaban J connectivity index is 1.74. The van der Waals surface area contributed by atoms with Crippen molar-refractivity contribution in [2.75, 3.05) is 0 Å². The number of carbonyl (C=O) groups is 2. The Morgan fingerprint density at radius 2 is 1.83 bits per heavy atom. The summed E-state index contributed by atoms with van der Waals surface area (Å²) in [6.45, 7) is 15.4. The molecular formula is C29H44O6. The van der Waals surface area contributed by atoms with E-state index < -0.39 is 16.6 Å². The first-order chi connectivity index (χ1) is 16.1. The molecule has 35 heavy (non-hydrogen) atoms. The van der Waals surface area contributed by atoms with Crippen molar-refractivity contribution in [1.82, 2.24) is 0 Å². The van der Waals surface area contributed by atoms with Crippen LogP contribution in [0.25, 0.3) is 0 Å². The van der Waals surface area contributed by atoms with Crippen LogP contribution in [0.15, 0.2) is 22.7 Å². The molecule has 0 aromatic heterocycles. The van der Waals surface area contributed by atoms with Crippen LogP contribution >= 0.6 is 0 Å². The fraction of sp³-hybridized carbons (Fsp3) is 0.793. The van der Waals surface area contributed by atoms with Crippen LogP contribution in [0.3, 0.4) is 0 Å². The topological polar surface area (TPSA) is 96.4 Å². The molecule has 0 unspecified atom stereocenters. The zero-order chi connectivity index (χ0) is 26.1. The fourth-order valence-electron chi connectivity index (χ4n) is 6.55. The summed E-state index contributed by atoms with van der Waals surface area (Å²) < 4.78 is 12.8. The molecule has 2 aliphatic carbocycles. The van der Waals surface area contributed by atoms with Gasteiger partial charge in [-0.25, -0.2) is 0 Å². The Hall–Kier alpha value is -1.66. The Kier molecular flexibility index (Phi) is 6.58. The van der Waals surface area contributed by atoms with Crippen molar-refractivity contribution in [2.24, 2.45) is 29.1 Å². The van der Waals surface area contributed by atoms with Crippen LogP contribution in [0.2, 0.25) is 0 Å². The number of Topliss-reactive ketones (excluding diaryl/α,β-unsaturated/α-hetero) is 2. The normalized spacial score (nSPS) is 38.1. The maximum Gasteiger partial charge on any atom is 0.183 e. The summed E-state index contributed by atoms with van der Waals surface area (Å²) in [5, 5.41) is 22.2. The number of ether oxygens (including phenoxy) is 2. The second kappa shape index (κ2) is 8.72. The summed E-state index contributed by atoms with van der Waals surface area (Å²) in [5.74, 6) is -0.175. The number of hydrogen-bond donors (Lipinski definition) is 2. The second-order valence-electron chi connectivity index (χ2n) is 12.9. The SMILES string of the molecule is CC[C@H](C)C(=O)C1=C(O)C2=C(O[C@]3(C)CC[C@@H](C(C)(C)O)[C@@H]4O[C@H]4[C@@H](C)CC[C@H]3C2)C(C)(C)C1=O. The second-order valence-corrected chi connectivity index (χ2v) is 12.9. The maximum atomic E-state index is 13.5. The lowest BCUT2D eigenvalue weighted by Crippen LogP contribution is -2.49. The Labute approximate surface area is 210 Å². The molecule has 2 heterocycles. The van der Waals surface area contributed by atoms with E-state index in [4.69, 9.17) is 9.47 Å². The number of aliphatic hydroxyl groups is 2. The Morgan fingerprint density at radius 3 is 2.43 bits per heavy atom. The molecule has 1 saturated heterocycles. The van der Waals surface area contributed by atoms with Gasteiger partial charge in [0.25, 0.3) is 0 Å². The molecule has 2 aliphatic heterocycles. The van der Waals surface area contributed by atoms with E-state index in [2.05, 4.69) is 13.8 Å². The van der Waals surface area contributed by atoms with E-state index in [9.17, 15) is 19.8 Å². The highest BCUT2D eigenvalue weighted by atomic mass is 16.6. The molecule has 1 saturated carbocycles. The van der Waals surface area contributed by atoms with Crippen molar-refractivity contribution in [3.63, 3.8) is 0 Å². The quantitative estimate of drug-likeness (QED) is 0.404. The molecule has 2 N–H and O–H groups in total. The standard InChI is InChI=1S/C29H44O6/c1-9-15(2)21(30)20-22(31)18-14-17-11-10-16(3)23-24(34-23)19(28(6,7)33)12-13-29(17,8)35-26(18)27(4,5)25(20)32/h15-17,19,23-24,31,33H,9-14H2,1-8H3/t15-,16-,17-,19+,23-,24-,29+/m0/s1. The first-order valence-electron chi connectivity index (χ1n) is 13.5. The summed E-state index contributed by atoms with van der Waals surface area (Å²) in [5.41, 5.74) is -1.88. The van der Waals surface area contributed by atoms with Crippen LogP contribution < -0.4 is 0 Å². The lowest BCUT2D eigenvalue weighted by atomic mass is 9.66. The molecule has 7 atom stereocenters. The molecule has 0 amide bonds. The van der Waals surface area contributed by atoms with E-state index in [1.54, 1.807) is 20.8 Å². The lowest BCUT2D eigenvalue weighted by Gasteiger charge is -2.49. The third-order valence-corrected chi connectivity index (χ3v) is 9.46. The largest absolute Gasteiger partial charge is 0.507 e. The van der Waals surface area contributed by atoms with Gasteiger partial charge in [-0.2, -0.15) is 0 Å². The molecule has 0 aromatic rings. The average Bonchev–Trinajstić information content (AvgIpc) is 3.55. The summed E-state index contributed by atoms with van der Waals surface area (Å²) >= 11 is 0. The van der Waals surface area contributed by atoms with Crippen LogP contribution in [0.5, 0.6) is 0 Å². The van der Waals surface area contributed by atoms with E-state index in [1.165, 1.54) is 0 Å². The third-order valence-electron chi connectivity index (χ3n) is 9.46. The fourth-order valence-corrected chi connectivity index (χ4v) is 6.55. The van der Waals surface area contributed by atoms with Gasteiger partial charge in [0.05, 0.1) is 23.2 Å². The van der Waals surface area contributed by atoms with Crippen LogP contribution in [0.1, 0.15) is 93.9 Å². The van der Waals surface area contributed by atoms with Crippen molar-refractivity contribution in [3.8, 4) is 0 Å². The summed E-state index contributed by atoms with van der Waals surface area (Å²) in [7, 11) is 0. The minimum absolute atomic E-state index is 0.00134. The molecular weight excluding hydrogens is 444 g/mol. The summed E-state index contributed by atoms with van der Waals surface area (Å²) in [6, 6.07) is 0. The van der Waals surface area contributed by atoms with E-state index in [1.807, 2.05) is 20.8 Å². The number of allylic oxidation sites excluding steroid dienone is 3. The Morgan fingerprint density at radius 1 is 1.17 bits per heavy atom. The van der Waals surface area contributed by atoms with Crippen LogP contribution in [-0.2, 0) is 19.1 Å². The molecule has 6 nitrogen and oxygen atoms in total. The first-order valence-corrected chi connectivity index (χ1v) is 13.5. The zero-order valence-corrected chi connectivity index (χ0v) is 22.7. The lowest BCUT2D eigenvalue weighted by molar-refractivity contribution is -0.134. The molecule has 0 spiro atoms. The molecule has 0 bridgehead atoms. The van der Waals surface area contributed by atoms with Crippen molar-refractivity contribution in [1.29, 1.82) is 0 Å². The van der Waals surface area contributed by atoms with Gasteiger partial charge in [-0.05, 0) is 79.1 Å². The highest BCUT2D eigenvalue weighted by Gasteiger charge is 2.56. The molecule has 0 aromatic carbocycles. The van der Waals surface area contributed by atoms with Crippen molar-refractivity contribution >= 4 is 11.6 Å². The predicted molar refractivity (Wildman–Crippen MR) is 134 cm³/mol. The van der Waals surface area contributed by atoms with Crippen molar-refractivity contribution in [2.45, 2.75) is 117 Å². The van der Waals surface area contributed by atoms with Gasteiger partial charge in [-0.3, -0.25) is 9.59 Å². The minimum atomic E-state index is -1.03. The van der Waals surface area contributed by atoms with Gasteiger partial charge < -0.3 is 19.7 Å². The summed E-state index contributed by atoms with van der Waals surface area (Å²) in [4.78, 5) is 26.7. The number of ketones is 2. The van der Waals surface area contributed by atoms with Crippen LogP contribution in [0, 0.1) is 29.1 Å². The predicted octanol–water partition coefficient (Wildman–Crippen LogP) is 5.44. The molecule has 2 fully saturated rings. The number of rotatable bonds is 4. The van der Waals surface area contributed by atoms with Gasteiger partial charge in [0.2, 0.25) is 0 Å². The number of carbonyl (C=O) groups excluding carboxylic acids is 2. The zero-order valence-electron chi connectivity index (χ0n) is 22.7. The molecule has 196 valence electrons. The molecule has 4 aliphatic rings. The minimum Gasteiger partial charge on any atom is -0.507 e. The molecule has 6 heteroatoms. The highest BCUT2D eigenvalue weighted by molar-refractivity contribution is 6.24. The van der Waals surface area contributed by atoms with Gasteiger partial charge in [0, 0.05) is 23.3 Å². The van der Waals surface area contributed by atoms with E-state index in [0.29, 0.717) is 30.1 Å². The van der Waals surface area contributed by atoms with Crippen molar-refractivity contribution in [3.05, 3.63) is 22.7 Å². The first kappa shape index (κ1) is 26.4. The van der Waals surface area contributed by atoms with Crippen molar-refractivity contribution < 1.29 is 29.3 Å². The van der Waals surface area contributed by atoms with Gasteiger partial charge >= 0.3 is 0 Å². The smallest absolute Gasteiger partial charge is 0.183 e. The molecule has 4 rings (SSSR count). The van der Waals surface area contributed by atoms with Crippen LogP contribution in [0.4, 0.5) is 0 Å². The van der Waals surface area contributed by atoms with Gasteiger partial charge in [0.15, 0.2) is 11.6 Å². The average molecular weight is 489 g/mol. The Bertz CT molecular complexity index is 966. The number of aliphatic hydroxyl groups excluding tert-OH is 1. The third kappa shape index (κ3) is 4.39. The van der Waals surface area contributed by atoms with E-state index >= 15 is 0 Å². The van der Waals surface area contributed by atoms with Crippen LogP contribution in [-0.4, -0.2) is 45.2 Å². The monoisotopic (exact) mass is 488 g/mol. The number of hydrogen-bond acceptors (Lipinski definition) is 6. The summed E-state index contributed by atoms with van der Waals surface area (Å²) in [6.07, 6.45) is 4.75. The maximum absolute atomic E-state index is 13.5. The number of epoxide rings is 1. The highest BCUT2D eigenvalue weighted by Crippen LogP contribution is 2.54. The van der Waals surface area contributed by atoms with E-state index in [0.717, 1.165) is 25.7 Å². The van der Waals surface area contributed by atoms with Gasteiger partial charge in [-0.15, -0.1) is 0 Å². The molecule has 0 radical (unpaired) electrons.